The second-order valence-electron chi connectivity index (χ2n) is 27.5. The molecule has 0 bridgehead atoms. The van der Waals surface area contributed by atoms with Crippen molar-refractivity contribution in [3.63, 3.8) is 0 Å². The molecule has 7 aromatic heterocycles. The maximum Gasteiger partial charge on any atom is 0.200 e. The summed E-state index contributed by atoms with van der Waals surface area (Å²) >= 11 is 0. The van der Waals surface area contributed by atoms with Crippen LogP contribution in [0.1, 0.15) is 11.6 Å². The third-order valence-electron chi connectivity index (χ3n) is 20.2. The van der Waals surface area contributed by atoms with Crippen LogP contribution in [0.4, 0.5) is 5.69 Å². The summed E-state index contributed by atoms with van der Waals surface area (Å²) in [4.78, 5) is 82.1. The Morgan fingerprint density at radius 1 is 0.202 bits per heavy atom. The minimum absolute atomic E-state index is 0.275. The first-order valence-corrected chi connectivity index (χ1v) is 37.1. The van der Waals surface area contributed by atoms with E-state index in [4.69, 9.17) is 69.8 Å². The first-order chi connectivity index (χ1) is 56.2. The quantitative estimate of drug-likeness (QED) is 0.0875. The fourth-order valence-corrected chi connectivity index (χ4v) is 14.8. The van der Waals surface area contributed by atoms with Gasteiger partial charge in [0.05, 0.1) is 40.0 Å². The van der Waals surface area contributed by atoms with Crippen LogP contribution in [-0.2, 0) is 0 Å². The van der Waals surface area contributed by atoms with E-state index in [2.05, 4.69) is 91.8 Å². The summed E-state index contributed by atoms with van der Waals surface area (Å²) in [7, 11) is 0. The SMILES string of the molecule is [C-]#[N+]c1cc(-n2c3cc(-c4nc(-c5ccccc5)nc(-c5ccccc5)n4)ccc3c3ccc(-c4nc(-c5ccccc5)nc(-c5ccccc5)n4)cc32)c(-n2c3cc(-c4nc(-c5ccccc5)nc(-c5ccccc5)n4)ccc3c3ccc(-c4nc(-c5ccccc5)nc(-c5ccccc5)n4)cc32)cc1-c1nc(C)nc(C)n1. The van der Waals surface area contributed by atoms with E-state index in [1.807, 2.05) is 269 Å². The van der Waals surface area contributed by atoms with Crippen LogP contribution in [0.25, 0.3) is 208 Å². The lowest BCUT2D eigenvalue weighted by molar-refractivity contribution is 0.928. The molecule has 0 aliphatic carbocycles. The van der Waals surface area contributed by atoms with E-state index < -0.39 is 0 Å². The van der Waals surface area contributed by atoms with E-state index in [0.29, 0.717) is 127 Å². The number of aryl methyl sites for hydroxylation is 2. The fraction of sp³-hybridized carbons (Fsp3) is 0.0208. The molecule has 0 aliphatic heterocycles. The Morgan fingerprint density at radius 2 is 0.404 bits per heavy atom. The van der Waals surface area contributed by atoms with Crippen molar-refractivity contribution >= 4 is 49.3 Å². The van der Waals surface area contributed by atoms with Crippen molar-refractivity contribution < 1.29 is 0 Å². The van der Waals surface area contributed by atoms with Crippen molar-refractivity contribution in [2.24, 2.45) is 0 Å². The zero-order chi connectivity index (χ0) is 76.2. The Bertz CT molecular complexity index is 6550. The monoisotopic (exact) mass is 1460 g/mol. The molecular weight excluding hydrogens is 1410 g/mol. The third-order valence-corrected chi connectivity index (χ3v) is 20.2. The van der Waals surface area contributed by atoms with Gasteiger partial charge in [-0.15, -0.1) is 0 Å². The molecule has 0 fully saturated rings. The first kappa shape index (κ1) is 67.4. The van der Waals surface area contributed by atoms with Gasteiger partial charge in [-0.1, -0.05) is 291 Å². The molecule has 0 saturated heterocycles. The Labute approximate surface area is 653 Å². The smallest absolute Gasteiger partial charge is 0.200 e. The van der Waals surface area contributed by atoms with Crippen LogP contribution in [0.2, 0.25) is 0 Å². The molecule has 20 aromatic rings. The second kappa shape index (κ2) is 28.5. The summed E-state index contributed by atoms with van der Waals surface area (Å²) in [5.41, 5.74) is 14.5. The summed E-state index contributed by atoms with van der Waals surface area (Å²) in [6.07, 6.45) is 0. The number of aromatic nitrogens is 17. The maximum absolute atomic E-state index is 9.37. The Balaban J connectivity index is 0.917. The van der Waals surface area contributed by atoms with Crippen molar-refractivity contribution in [1.29, 1.82) is 0 Å². The van der Waals surface area contributed by atoms with Crippen molar-refractivity contribution in [3.05, 3.63) is 351 Å². The van der Waals surface area contributed by atoms with Gasteiger partial charge in [-0.2, -0.15) is 0 Å². The Hall–Kier alpha value is -16.0. The van der Waals surface area contributed by atoms with Gasteiger partial charge in [0.1, 0.15) is 11.6 Å². The zero-order valence-corrected chi connectivity index (χ0v) is 61.2. The summed E-state index contributed by atoms with van der Waals surface area (Å²) < 4.78 is 4.50. The fourth-order valence-electron chi connectivity index (χ4n) is 14.8. The predicted octanol–water partition coefficient (Wildman–Crippen LogP) is 21.6. The maximum atomic E-state index is 9.37. The lowest BCUT2D eigenvalue weighted by Crippen LogP contribution is -2.06. The molecule has 0 aliphatic rings. The molecule has 0 spiro atoms. The number of hydrogen-bond acceptors (Lipinski definition) is 15. The van der Waals surface area contributed by atoms with Crippen LogP contribution in [0.5, 0.6) is 0 Å². The van der Waals surface area contributed by atoms with Gasteiger partial charge in [-0.3, -0.25) is 0 Å². The average molecular weight is 1470 g/mol. The molecule has 0 unspecified atom stereocenters. The molecule has 0 N–H and O–H groups in total. The number of fused-ring (bicyclic) bond motifs is 6. The highest BCUT2D eigenvalue weighted by Gasteiger charge is 2.28. The number of rotatable bonds is 15. The van der Waals surface area contributed by atoms with Crippen LogP contribution in [-0.4, -0.2) is 83.9 Å². The number of hydrogen-bond donors (Lipinski definition) is 0. The molecular formula is C96H60N18. The molecule has 18 nitrogen and oxygen atoms in total. The molecule has 114 heavy (non-hydrogen) atoms. The van der Waals surface area contributed by atoms with Gasteiger partial charge in [0, 0.05) is 93.9 Å². The van der Waals surface area contributed by atoms with Crippen LogP contribution < -0.4 is 0 Å². The third kappa shape index (κ3) is 12.6. The lowest BCUT2D eigenvalue weighted by Gasteiger charge is -2.20. The Morgan fingerprint density at radius 3 is 0.614 bits per heavy atom. The number of benzene rings is 13. The highest BCUT2D eigenvalue weighted by molar-refractivity contribution is 6.14. The van der Waals surface area contributed by atoms with E-state index in [1.165, 1.54) is 0 Å². The van der Waals surface area contributed by atoms with E-state index in [9.17, 15) is 6.57 Å². The van der Waals surface area contributed by atoms with E-state index >= 15 is 0 Å². The van der Waals surface area contributed by atoms with Crippen molar-refractivity contribution in [3.8, 4) is 159 Å². The molecule has 0 radical (unpaired) electrons. The molecule has 13 aromatic carbocycles. The molecule has 0 saturated carbocycles. The van der Waals surface area contributed by atoms with Gasteiger partial charge in [0.15, 0.2) is 81.4 Å². The molecule has 20 rings (SSSR count). The second-order valence-corrected chi connectivity index (χ2v) is 27.5. The first-order valence-electron chi connectivity index (χ1n) is 37.1. The Kier molecular flexibility index (Phi) is 16.9. The standard InChI is InChI=1S/C96H60N18/c1-58-98-59(2)100-96(99-58)76-56-82(113-78-52-68(92-105-84(60-28-12-4-13-29-60)101-85(106-92)61-30-14-5-15-31-61)44-48-72(78)73-49-45-69(53-79(73)113)93-107-86(62-32-16-6-17-33-62)102-87(108-93)63-34-18-7-19-35-63)83(57-77(76)97-3)114-80-54-70(94-109-88(64-36-20-8-21-37-64)103-89(110-94)65-38-22-9-23-39-65)46-50-74(80)75-51-47-71(55-81(75)114)95-111-90(66-40-24-10-25-41-66)104-91(112-95)67-42-26-11-27-43-67/h4-57H,1-2H3. The molecule has 18 heteroatoms. The van der Waals surface area contributed by atoms with Gasteiger partial charge in [-0.05, 0) is 50.2 Å². The summed E-state index contributed by atoms with van der Waals surface area (Å²) in [5.74, 6) is 7.17. The van der Waals surface area contributed by atoms with Crippen LogP contribution in [0.15, 0.2) is 328 Å². The van der Waals surface area contributed by atoms with Crippen LogP contribution in [0, 0.1) is 20.4 Å². The minimum atomic E-state index is 0.275. The van der Waals surface area contributed by atoms with Crippen LogP contribution >= 0.6 is 0 Å². The van der Waals surface area contributed by atoms with Crippen molar-refractivity contribution in [2.75, 3.05) is 0 Å². The van der Waals surface area contributed by atoms with Crippen molar-refractivity contribution in [1.82, 2.24) is 83.9 Å². The highest BCUT2D eigenvalue weighted by Crippen LogP contribution is 2.46. The summed E-state index contributed by atoms with van der Waals surface area (Å²) in [6, 6.07) is 109. The van der Waals surface area contributed by atoms with Gasteiger partial charge >= 0.3 is 0 Å². The topological polar surface area (TPSA) is 208 Å². The molecule has 7 heterocycles. The normalized spacial score (nSPS) is 11.4. The highest BCUT2D eigenvalue weighted by atomic mass is 15.1. The minimum Gasteiger partial charge on any atom is -0.308 e. The molecule has 534 valence electrons. The van der Waals surface area contributed by atoms with Gasteiger partial charge in [0.2, 0.25) is 0 Å². The molecule has 0 amide bonds. The van der Waals surface area contributed by atoms with Gasteiger partial charge in [-0.25, -0.2) is 79.6 Å². The summed E-state index contributed by atoms with van der Waals surface area (Å²) in [5, 5.41) is 3.56. The van der Waals surface area contributed by atoms with Gasteiger partial charge < -0.3 is 9.13 Å². The van der Waals surface area contributed by atoms with Crippen LogP contribution in [0.3, 0.4) is 0 Å². The zero-order valence-electron chi connectivity index (χ0n) is 61.2. The lowest BCUT2D eigenvalue weighted by atomic mass is 10.1. The summed E-state index contributed by atoms with van der Waals surface area (Å²) in [6.45, 7) is 13.1. The van der Waals surface area contributed by atoms with Crippen molar-refractivity contribution in [2.45, 2.75) is 13.8 Å². The number of nitrogens with zero attached hydrogens (tertiary/aromatic N) is 18. The van der Waals surface area contributed by atoms with E-state index in [1.54, 1.807) is 0 Å². The largest absolute Gasteiger partial charge is 0.308 e. The predicted molar refractivity (Wildman–Crippen MR) is 448 cm³/mol. The van der Waals surface area contributed by atoms with Gasteiger partial charge in [0.25, 0.3) is 0 Å². The molecule has 0 atom stereocenters. The average Bonchev–Trinajstić information content (AvgIpc) is 1.34. The van der Waals surface area contributed by atoms with E-state index in [0.717, 1.165) is 88.1 Å². The van der Waals surface area contributed by atoms with E-state index in [-0.39, 0.29) is 5.69 Å².